The van der Waals surface area contributed by atoms with Crippen molar-refractivity contribution in [3.63, 3.8) is 0 Å². The Morgan fingerprint density at radius 1 is 1.00 bits per heavy atom. The average molecular weight is 281 g/mol. The molecule has 0 radical (unpaired) electrons. The molecule has 2 atom stereocenters. The standard InChI is InChI=1S/C19H23NO/c21-19(12-15-6-2-1-3-7-15)11-10-18-13-16-8-4-5-9-17(16)14-20-18/h1-9,18-21H,10-14H2. The minimum absolute atomic E-state index is 0.244. The van der Waals surface area contributed by atoms with Gasteiger partial charge in [0.05, 0.1) is 6.10 Å². The van der Waals surface area contributed by atoms with Gasteiger partial charge in [0.15, 0.2) is 0 Å². The Morgan fingerprint density at radius 2 is 1.71 bits per heavy atom. The second-order valence-electron chi connectivity index (χ2n) is 5.97. The predicted molar refractivity (Wildman–Crippen MR) is 86.2 cm³/mol. The molecule has 0 fully saturated rings. The van der Waals surface area contributed by atoms with E-state index in [0.717, 1.165) is 32.2 Å². The maximum atomic E-state index is 10.2. The van der Waals surface area contributed by atoms with Crippen molar-refractivity contribution in [2.24, 2.45) is 0 Å². The number of hydrogen-bond acceptors (Lipinski definition) is 2. The molecule has 21 heavy (non-hydrogen) atoms. The third-order valence-electron chi connectivity index (χ3n) is 4.33. The van der Waals surface area contributed by atoms with Crippen molar-refractivity contribution in [1.29, 1.82) is 0 Å². The van der Waals surface area contributed by atoms with Crippen molar-refractivity contribution in [2.75, 3.05) is 0 Å². The van der Waals surface area contributed by atoms with Crippen LogP contribution in [0.3, 0.4) is 0 Å². The van der Waals surface area contributed by atoms with E-state index in [1.165, 1.54) is 16.7 Å². The number of nitrogens with one attached hydrogen (secondary N) is 1. The van der Waals surface area contributed by atoms with E-state index in [1.807, 2.05) is 18.2 Å². The van der Waals surface area contributed by atoms with E-state index in [1.54, 1.807) is 0 Å². The minimum Gasteiger partial charge on any atom is -0.393 e. The van der Waals surface area contributed by atoms with Gasteiger partial charge in [-0.05, 0) is 42.4 Å². The predicted octanol–water partition coefficient (Wildman–Crippen LogP) is 3.08. The second kappa shape index (κ2) is 6.88. The molecule has 1 heterocycles. The van der Waals surface area contributed by atoms with Gasteiger partial charge >= 0.3 is 0 Å². The van der Waals surface area contributed by atoms with Crippen LogP contribution in [-0.4, -0.2) is 17.3 Å². The Labute approximate surface area is 126 Å². The first-order valence-electron chi connectivity index (χ1n) is 7.83. The molecule has 2 aromatic rings. The highest BCUT2D eigenvalue weighted by Gasteiger charge is 2.18. The van der Waals surface area contributed by atoms with Gasteiger partial charge in [0.25, 0.3) is 0 Å². The molecule has 2 aromatic carbocycles. The highest BCUT2D eigenvalue weighted by atomic mass is 16.3. The lowest BCUT2D eigenvalue weighted by atomic mass is 9.92. The summed E-state index contributed by atoms with van der Waals surface area (Å²) in [6.45, 7) is 0.954. The monoisotopic (exact) mass is 281 g/mol. The topological polar surface area (TPSA) is 32.3 Å². The van der Waals surface area contributed by atoms with Gasteiger partial charge in [0.1, 0.15) is 0 Å². The molecule has 1 aliphatic rings. The highest BCUT2D eigenvalue weighted by molar-refractivity contribution is 5.29. The van der Waals surface area contributed by atoms with Crippen LogP contribution in [0.1, 0.15) is 29.5 Å². The zero-order valence-electron chi connectivity index (χ0n) is 12.3. The normalized spacial score (nSPS) is 19.0. The summed E-state index contributed by atoms with van der Waals surface area (Å²) >= 11 is 0. The number of rotatable bonds is 5. The SMILES string of the molecule is OC(CCC1Cc2ccccc2CN1)Cc1ccccc1. The van der Waals surface area contributed by atoms with Gasteiger partial charge in [-0.15, -0.1) is 0 Å². The molecule has 0 bridgehead atoms. The van der Waals surface area contributed by atoms with Crippen LogP contribution in [0, 0.1) is 0 Å². The third kappa shape index (κ3) is 3.93. The quantitative estimate of drug-likeness (QED) is 0.882. The zero-order chi connectivity index (χ0) is 14.5. The molecule has 2 N–H and O–H groups in total. The number of benzene rings is 2. The van der Waals surface area contributed by atoms with Crippen molar-refractivity contribution in [3.05, 3.63) is 71.3 Å². The maximum Gasteiger partial charge on any atom is 0.0581 e. The van der Waals surface area contributed by atoms with E-state index in [-0.39, 0.29) is 6.10 Å². The van der Waals surface area contributed by atoms with Gasteiger partial charge in [0, 0.05) is 12.6 Å². The first-order valence-corrected chi connectivity index (χ1v) is 7.83. The summed E-state index contributed by atoms with van der Waals surface area (Å²) in [6, 6.07) is 19.4. The van der Waals surface area contributed by atoms with E-state index >= 15 is 0 Å². The lowest BCUT2D eigenvalue weighted by molar-refractivity contribution is 0.156. The van der Waals surface area contributed by atoms with E-state index < -0.39 is 0 Å². The number of fused-ring (bicyclic) bond motifs is 1. The molecule has 0 amide bonds. The Morgan fingerprint density at radius 3 is 2.52 bits per heavy atom. The van der Waals surface area contributed by atoms with Gasteiger partial charge in [-0.25, -0.2) is 0 Å². The molecule has 0 saturated heterocycles. The van der Waals surface area contributed by atoms with Gasteiger partial charge in [-0.1, -0.05) is 54.6 Å². The Hall–Kier alpha value is -1.64. The second-order valence-corrected chi connectivity index (χ2v) is 5.97. The maximum absolute atomic E-state index is 10.2. The minimum atomic E-state index is -0.244. The summed E-state index contributed by atoms with van der Waals surface area (Å²) < 4.78 is 0. The smallest absolute Gasteiger partial charge is 0.0581 e. The lowest BCUT2D eigenvalue weighted by Crippen LogP contribution is -2.36. The van der Waals surface area contributed by atoms with Crippen LogP contribution < -0.4 is 5.32 Å². The van der Waals surface area contributed by atoms with E-state index in [0.29, 0.717) is 6.04 Å². The van der Waals surface area contributed by atoms with Crippen molar-refractivity contribution < 1.29 is 5.11 Å². The average Bonchev–Trinajstić information content (AvgIpc) is 2.54. The van der Waals surface area contributed by atoms with Crippen molar-refractivity contribution in [3.8, 4) is 0 Å². The summed E-state index contributed by atoms with van der Waals surface area (Å²) in [5, 5.41) is 13.8. The van der Waals surface area contributed by atoms with Crippen LogP contribution in [0.15, 0.2) is 54.6 Å². The lowest BCUT2D eigenvalue weighted by Gasteiger charge is -2.26. The summed E-state index contributed by atoms with van der Waals surface area (Å²) in [7, 11) is 0. The first kappa shape index (κ1) is 14.3. The Bertz CT molecular complexity index is 567. The van der Waals surface area contributed by atoms with Gasteiger partial charge in [0.2, 0.25) is 0 Å². The molecule has 2 nitrogen and oxygen atoms in total. The van der Waals surface area contributed by atoms with Crippen molar-refractivity contribution in [1.82, 2.24) is 5.32 Å². The van der Waals surface area contributed by atoms with E-state index in [2.05, 4.69) is 41.7 Å². The summed E-state index contributed by atoms with van der Waals surface area (Å²) in [5.74, 6) is 0. The van der Waals surface area contributed by atoms with E-state index in [9.17, 15) is 5.11 Å². The molecule has 110 valence electrons. The number of aliphatic hydroxyl groups is 1. The Kier molecular flexibility index (Phi) is 4.69. The first-order chi connectivity index (χ1) is 10.3. The molecular weight excluding hydrogens is 258 g/mol. The Balaban J connectivity index is 1.48. The van der Waals surface area contributed by atoms with Gasteiger partial charge < -0.3 is 10.4 Å². The van der Waals surface area contributed by atoms with E-state index in [4.69, 9.17) is 0 Å². The molecule has 1 aliphatic heterocycles. The summed E-state index contributed by atoms with van der Waals surface area (Å²) in [5.41, 5.74) is 4.09. The molecule has 0 aliphatic carbocycles. The fraction of sp³-hybridized carbons (Fsp3) is 0.368. The number of aliphatic hydroxyl groups excluding tert-OH is 1. The molecule has 3 rings (SSSR count). The molecule has 0 spiro atoms. The number of hydrogen-bond donors (Lipinski definition) is 2. The van der Waals surface area contributed by atoms with Crippen LogP contribution >= 0.6 is 0 Å². The van der Waals surface area contributed by atoms with Crippen LogP contribution in [0.5, 0.6) is 0 Å². The summed E-state index contributed by atoms with van der Waals surface area (Å²) in [6.07, 6.45) is 3.47. The van der Waals surface area contributed by atoms with Crippen LogP contribution in [0.2, 0.25) is 0 Å². The van der Waals surface area contributed by atoms with Crippen molar-refractivity contribution >= 4 is 0 Å². The molecule has 0 saturated carbocycles. The van der Waals surface area contributed by atoms with Gasteiger partial charge in [-0.2, -0.15) is 0 Å². The van der Waals surface area contributed by atoms with Crippen molar-refractivity contribution in [2.45, 2.75) is 44.4 Å². The largest absolute Gasteiger partial charge is 0.393 e. The fourth-order valence-electron chi connectivity index (χ4n) is 3.11. The van der Waals surface area contributed by atoms with Crippen LogP contribution in [0.4, 0.5) is 0 Å². The van der Waals surface area contributed by atoms with Gasteiger partial charge in [-0.3, -0.25) is 0 Å². The molecule has 2 heteroatoms. The van der Waals surface area contributed by atoms with Crippen LogP contribution in [-0.2, 0) is 19.4 Å². The molecule has 0 aromatic heterocycles. The third-order valence-corrected chi connectivity index (χ3v) is 4.33. The molecular formula is C19H23NO. The fourth-order valence-corrected chi connectivity index (χ4v) is 3.11. The molecule has 2 unspecified atom stereocenters. The zero-order valence-corrected chi connectivity index (χ0v) is 12.3. The summed E-state index contributed by atoms with van der Waals surface area (Å²) in [4.78, 5) is 0. The highest BCUT2D eigenvalue weighted by Crippen LogP contribution is 2.19. The van der Waals surface area contributed by atoms with Crippen LogP contribution in [0.25, 0.3) is 0 Å².